The van der Waals surface area contributed by atoms with Gasteiger partial charge in [0, 0.05) is 5.56 Å². The lowest BCUT2D eigenvalue weighted by molar-refractivity contribution is 0.100. The zero-order valence-electron chi connectivity index (χ0n) is 11.4. The van der Waals surface area contributed by atoms with Crippen LogP contribution in [0.3, 0.4) is 0 Å². The maximum absolute atomic E-state index is 11.7. The molecular formula is C17H19NO. The maximum Gasteiger partial charge on any atom is 0.249 e. The normalized spacial score (nSPS) is 10.4. The number of carbonyl (C=O) groups excluding carboxylic acids is 1. The molecule has 2 heteroatoms. The molecular weight excluding hydrogens is 234 g/mol. The highest BCUT2D eigenvalue weighted by Crippen LogP contribution is 2.30. The Morgan fingerprint density at radius 1 is 1.11 bits per heavy atom. The second kappa shape index (κ2) is 5.70. The molecule has 0 aliphatic carbocycles. The highest BCUT2D eigenvalue weighted by atomic mass is 16.1. The summed E-state index contributed by atoms with van der Waals surface area (Å²) in [6.45, 7) is 4.23. The number of aryl methyl sites for hydroxylation is 1. The molecule has 0 atom stereocenters. The van der Waals surface area contributed by atoms with Crippen LogP contribution >= 0.6 is 0 Å². The van der Waals surface area contributed by atoms with Gasteiger partial charge in [-0.05, 0) is 41.7 Å². The predicted octanol–water partition coefficient (Wildman–Crippen LogP) is 3.71. The number of hydrogen-bond donors (Lipinski definition) is 1. The zero-order chi connectivity index (χ0) is 13.8. The van der Waals surface area contributed by atoms with Crippen molar-refractivity contribution in [1.82, 2.24) is 0 Å². The van der Waals surface area contributed by atoms with E-state index >= 15 is 0 Å². The number of primary amides is 1. The van der Waals surface area contributed by atoms with Crippen molar-refractivity contribution in [3.8, 4) is 11.1 Å². The van der Waals surface area contributed by atoms with Gasteiger partial charge in [0.1, 0.15) is 0 Å². The number of benzene rings is 2. The van der Waals surface area contributed by atoms with Crippen molar-refractivity contribution in [3.05, 3.63) is 59.2 Å². The van der Waals surface area contributed by atoms with Gasteiger partial charge < -0.3 is 5.73 Å². The third kappa shape index (κ3) is 2.68. The van der Waals surface area contributed by atoms with Crippen molar-refractivity contribution in [2.45, 2.75) is 26.7 Å². The van der Waals surface area contributed by atoms with Gasteiger partial charge in [-0.2, -0.15) is 0 Å². The second-order valence-electron chi connectivity index (χ2n) is 4.76. The molecule has 2 nitrogen and oxygen atoms in total. The largest absolute Gasteiger partial charge is 0.366 e. The molecule has 0 aliphatic rings. The van der Waals surface area contributed by atoms with Gasteiger partial charge in [-0.3, -0.25) is 4.79 Å². The van der Waals surface area contributed by atoms with Gasteiger partial charge in [-0.25, -0.2) is 0 Å². The molecule has 2 N–H and O–H groups in total. The fraction of sp³-hybridized carbons (Fsp3) is 0.235. The first-order valence-corrected chi connectivity index (χ1v) is 6.62. The van der Waals surface area contributed by atoms with Crippen molar-refractivity contribution in [2.24, 2.45) is 5.73 Å². The minimum absolute atomic E-state index is 0.365. The van der Waals surface area contributed by atoms with E-state index in [1.54, 1.807) is 0 Å². The summed E-state index contributed by atoms with van der Waals surface area (Å²) in [5.41, 5.74) is 10.6. The molecule has 0 spiro atoms. The molecule has 98 valence electrons. The van der Waals surface area contributed by atoms with E-state index in [0.717, 1.165) is 24.0 Å². The predicted molar refractivity (Wildman–Crippen MR) is 79.1 cm³/mol. The number of hydrogen-bond acceptors (Lipinski definition) is 1. The number of carbonyl (C=O) groups is 1. The Morgan fingerprint density at radius 3 is 2.37 bits per heavy atom. The summed E-state index contributed by atoms with van der Waals surface area (Å²) < 4.78 is 0. The van der Waals surface area contributed by atoms with Gasteiger partial charge in [0.05, 0.1) is 0 Å². The van der Waals surface area contributed by atoms with Gasteiger partial charge in [0.15, 0.2) is 0 Å². The molecule has 0 bridgehead atoms. The summed E-state index contributed by atoms with van der Waals surface area (Å²) in [4.78, 5) is 11.7. The highest BCUT2D eigenvalue weighted by Gasteiger charge is 2.15. The first kappa shape index (κ1) is 13.3. The minimum atomic E-state index is -0.365. The Kier molecular flexibility index (Phi) is 4.00. The lowest BCUT2D eigenvalue weighted by atomic mass is 9.89. The van der Waals surface area contributed by atoms with Crippen LogP contribution in [0.5, 0.6) is 0 Å². The molecule has 0 saturated carbocycles. The first-order valence-electron chi connectivity index (χ1n) is 6.62. The average Bonchev–Trinajstić information content (AvgIpc) is 2.41. The van der Waals surface area contributed by atoms with Gasteiger partial charge in [0.25, 0.3) is 0 Å². The summed E-state index contributed by atoms with van der Waals surface area (Å²) in [6.07, 6.45) is 2.00. The standard InChI is InChI=1S/C17H19NO/c1-3-7-14-12(2)10-11-15(17(18)19)16(14)13-8-5-4-6-9-13/h4-6,8-11H,3,7H2,1-2H3,(H2,18,19). The van der Waals surface area contributed by atoms with E-state index in [1.807, 2.05) is 42.5 Å². The van der Waals surface area contributed by atoms with E-state index in [4.69, 9.17) is 5.73 Å². The van der Waals surface area contributed by atoms with Crippen molar-refractivity contribution in [1.29, 1.82) is 0 Å². The SMILES string of the molecule is CCCc1c(C)ccc(C(N)=O)c1-c1ccccc1. The summed E-state index contributed by atoms with van der Waals surface area (Å²) in [7, 11) is 0. The van der Waals surface area contributed by atoms with Crippen LogP contribution in [0.25, 0.3) is 11.1 Å². The number of amides is 1. The van der Waals surface area contributed by atoms with E-state index in [1.165, 1.54) is 11.1 Å². The summed E-state index contributed by atoms with van der Waals surface area (Å²) in [5, 5.41) is 0. The van der Waals surface area contributed by atoms with Crippen LogP contribution in [0.2, 0.25) is 0 Å². The Hall–Kier alpha value is -2.09. The second-order valence-corrected chi connectivity index (χ2v) is 4.76. The van der Waals surface area contributed by atoms with E-state index in [-0.39, 0.29) is 5.91 Å². The van der Waals surface area contributed by atoms with Crippen LogP contribution in [-0.4, -0.2) is 5.91 Å². The van der Waals surface area contributed by atoms with Gasteiger partial charge in [0.2, 0.25) is 5.91 Å². The Morgan fingerprint density at radius 2 is 1.79 bits per heavy atom. The third-order valence-electron chi connectivity index (χ3n) is 3.38. The molecule has 0 aliphatic heterocycles. The molecule has 0 heterocycles. The lowest BCUT2D eigenvalue weighted by Gasteiger charge is -2.16. The third-order valence-corrected chi connectivity index (χ3v) is 3.38. The minimum Gasteiger partial charge on any atom is -0.366 e. The van der Waals surface area contributed by atoms with E-state index in [9.17, 15) is 4.79 Å². The van der Waals surface area contributed by atoms with Crippen LogP contribution in [0.4, 0.5) is 0 Å². The van der Waals surface area contributed by atoms with Crippen LogP contribution in [0.15, 0.2) is 42.5 Å². The smallest absolute Gasteiger partial charge is 0.249 e. The number of rotatable bonds is 4. The van der Waals surface area contributed by atoms with E-state index in [2.05, 4.69) is 13.8 Å². The van der Waals surface area contributed by atoms with Crippen LogP contribution in [0.1, 0.15) is 34.8 Å². The molecule has 0 radical (unpaired) electrons. The highest BCUT2D eigenvalue weighted by molar-refractivity contribution is 6.01. The zero-order valence-corrected chi connectivity index (χ0v) is 11.4. The van der Waals surface area contributed by atoms with E-state index in [0.29, 0.717) is 5.56 Å². The average molecular weight is 253 g/mol. The van der Waals surface area contributed by atoms with Crippen LogP contribution in [0, 0.1) is 6.92 Å². The molecule has 2 aromatic rings. The Balaban J connectivity index is 2.73. The topological polar surface area (TPSA) is 43.1 Å². The lowest BCUT2D eigenvalue weighted by Crippen LogP contribution is -2.14. The van der Waals surface area contributed by atoms with Gasteiger partial charge in [-0.1, -0.05) is 49.7 Å². The van der Waals surface area contributed by atoms with Crippen molar-refractivity contribution in [3.63, 3.8) is 0 Å². The fourth-order valence-corrected chi connectivity index (χ4v) is 2.46. The van der Waals surface area contributed by atoms with Crippen LogP contribution in [-0.2, 0) is 6.42 Å². The quantitative estimate of drug-likeness (QED) is 0.886. The maximum atomic E-state index is 11.7. The molecule has 19 heavy (non-hydrogen) atoms. The summed E-state index contributed by atoms with van der Waals surface area (Å²) in [6, 6.07) is 13.8. The first-order chi connectivity index (χ1) is 9.15. The molecule has 0 aromatic heterocycles. The van der Waals surface area contributed by atoms with Crippen molar-refractivity contribution < 1.29 is 4.79 Å². The van der Waals surface area contributed by atoms with E-state index < -0.39 is 0 Å². The fourth-order valence-electron chi connectivity index (χ4n) is 2.46. The van der Waals surface area contributed by atoms with Crippen LogP contribution < -0.4 is 5.73 Å². The number of nitrogens with two attached hydrogens (primary N) is 1. The van der Waals surface area contributed by atoms with Gasteiger partial charge in [-0.15, -0.1) is 0 Å². The molecule has 0 saturated heterocycles. The molecule has 2 rings (SSSR count). The molecule has 1 amide bonds. The van der Waals surface area contributed by atoms with Gasteiger partial charge >= 0.3 is 0 Å². The monoisotopic (exact) mass is 253 g/mol. The summed E-state index contributed by atoms with van der Waals surface area (Å²) in [5.74, 6) is -0.365. The summed E-state index contributed by atoms with van der Waals surface area (Å²) >= 11 is 0. The molecule has 0 fully saturated rings. The Bertz CT molecular complexity index is 588. The molecule has 0 unspecified atom stereocenters. The molecule has 2 aromatic carbocycles. The van der Waals surface area contributed by atoms with Crippen molar-refractivity contribution >= 4 is 5.91 Å². The Labute approximate surface area is 114 Å². The van der Waals surface area contributed by atoms with Crippen molar-refractivity contribution in [2.75, 3.05) is 0 Å².